The standard InChI is InChI=1S/C14H18ClNOS/c1-9-5-11(15)6-10(2)13(9)17-8-14(3-4-14)7-12(16)18/h5-6H,3-4,7-8H2,1-2H3,(H2,16,18). The van der Waals surface area contributed by atoms with Gasteiger partial charge in [0, 0.05) is 16.9 Å². The van der Waals surface area contributed by atoms with E-state index in [1.807, 2.05) is 26.0 Å². The van der Waals surface area contributed by atoms with Crippen LogP contribution in [0, 0.1) is 19.3 Å². The lowest BCUT2D eigenvalue weighted by molar-refractivity contribution is 0.236. The maximum absolute atomic E-state index is 6.00. The topological polar surface area (TPSA) is 35.2 Å². The van der Waals surface area contributed by atoms with E-state index in [0.29, 0.717) is 11.6 Å². The Kier molecular flexibility index (Phi) is 3.83. The number of hydrogen-bond acceptors (Lipinski definition) is 2. The molecule has 1 aliphatic carbocycles. The lowest BCUT2D eigenvalue weighted by Gasteiger charge is -2.18. The zero-order valence-electron chi connectivity index (χ0n) is 10.8. The van der Waals surface area contributed by atoms with Crippen molar-refractivity contribution < 1.29 is 4.74 Å². The van der Waals surface area contributed by atoms with E-state index in [4.69, 9.17) is 34.3 Å². The van der Waals surface area contributed by atoms with Crippen molar-refractivity contribution >= 4 is 28.8 Å². The van der Waals surface area contributed by atoms with Crippen LogP contribution in [0.25, 0.3) is 0 Å². The lowest BCUT2D eigenvalue weighted by Crippen LogP contribution is -2.21. The van der Waals surface area contributed by atoms with Gasteiger partial charge in [-0.25, -0.2) is 0 Å². The van der Waals surface area contributed by atoms with Gasteiger partial charge in [0.15, 0.2) is 0 Å². The Balaban J connectivity index is 2.05. The van der Waals surface area contributed by atoms with Crippen molar-refractivity contribution in [1.82, 2.24) is 0 Å². The summed E-state index contributed by atoms with van der Waals surface area (Å²) in [4.78, 5) is 0.584. The van der Waals surface area contributed by atoms with Crippen LogP contribution < -0.4 is 10.5 Å². The van der Waals surface area contributed by atoms with Crippen molar-refractivity contribution in [1.29, 1.82) is 0 Å². The number of benzene rings is 1. The molecule has 2 N–H and O–H groups in total. The normalized spacial score (nSPS) is 16.4. The Morgan fingerprint density at radius 1 is 1.39 bits per heavy atom. The van der Waals surface area contributed by atoms with Crippen LogP contribution in [0.3, 0.4) is 0 Å². The number of rotatable bonds is 5. The quantitative estimate of drug-likeness (QED) is 0.835. The first kappa shape index (κ1) is 13.6. The first-order valence-electron chi connectivity index (χ1n) is 6.10. The highest BCUT2D eigenvalue weighted by atomic mass is 35.5. The van der Waals surface area contributed by atoms with Crippen molar-refractivity contribution in [3.05, 3.63) is 28.3 Å². The number of hydrogen-bond donors (Lipinski definition) is 1. The summed E-state index contributed by atoms with van der Waals surface area (Å²) in [5.74, 6) is 0.939. The minimum atomic E-state index is 0.185. The number of halogens is 1. The fourth-order valence-corrected chi connectivity index (χ4v) is 2.90. The van der Waals surface area contributed by atoms with Crippen LogP contribution in [0.1, 0.15) is 30.4 Å². The molecule has 1 aromatic carbocycles. The maximum atomic E-state index is 6.00. The van der Waals surface area contributed by atoms with Crippen LogP contribution in [0.4, 0.5) is 0 Å². The second kappa shape index (κ2) is 5.06. The molecule has 0 atom stereocenters. The van der Waals surface area contributed by atoms with Crippen LogP contribution >= 0.6 is 23.8 Å². The number of thiocarbonyl (C=S) groups is 1. The third-order valence-electron chi connectivity index (χ3n) is 3.45. The highest BCUT2D eigenvalue weighted by Crippen LogP contribution is 2.49. The van der Waals surface area contributed by atoms with E-state index in [-0.39, 0.29) is 5.41 Å². The van der Waals surface area contributed by atoms with Gasteiger partial charge < -0.3 is 10.5 Å². The summed E-state index contributed by atoms with van der Waals surface area (Å²) in [6.07, 6.45) is 3.08. The van der Waals surface area contributed by atoms with Crippen molar-refractivity contribution in [3.63, 3.8) is 0 Å². The van der Waals surface area contributed by atoms with Gasteiger partial charge in [0.2, 0.25) is 0 Å². The minimum absolute atomic E-state index is 0.185. The summed E-state index contributed by atoms with van der Waals surface area (Å²) in [5, 5.41) is 0.752. The molecule has 0 unspecified atom stereocenters. The molecule has 0 saturated heterocycles. The van der Waals surface area contributed by atoms with Gasteiger partial charge in [-0.1, -0.05) is 23.8 Å². The Hall–Kier alpha value is -0.800. The lowest BCUT2D eigenvalue weighted by atomic mass is 10.0. The molecule has 1 saturated carbocycles. The van der Waals surface area contributed by atoms with Crippen molar-refractivity contribution in [3.8, 4) is 5.75 Å². The Bertz CT molecular complexity index is 460. The van der Waals surface area contributed by atoms with Crippen LogP contribution in [-0.2, 0) is 0 Å². The second-order valence-electron chi connectivity index (χ2n) is 5.30. The van der Waals surface area contributed by atoms with Gasteiger partial charge in [-0.2, -0.15) is 0 Å². The highest BCUT2D eigenvalue weighted by Gasteiger charge is 2.44. The van der Waals surface area contributed by atoms with E-state index in [1.165, 1.54) is 0 Å². The first-order chi connectivity index (χ1) is 8.42. The second-order valence-corrected chi connectivity index (χ2v) is 6.26. The zero-order valence-corrected chi connectivity index (χ0v) is 12.3. The molecule has 0 spiro atoms. The van der Waals surface area contributed by atoms with Crippen molar-refractivity contribution in [2.24, 2.45) is 11.1 Å². The Morgan fingerprint density at radius 3 is 2.39 bits per heavy atom. The molecule has 1 aliphatic rings. The molecule has 2 rings (SSSR count). The van der Waals surface area contributed by atoms with E-state index in [9.17, 15) is 0 Å². The van der Waals surface area contributed by atoms with Gasteiger partial charge in [0.05, 0.1) is 11.6 Å². The molecule has 2 nitrogen and oxygen atoms in total. The first-order valence-corrected chi connectivity index (χ1v) is 6.88. The molecule has 1 aromatic rings. The maximum Gasteiger partial charge on any atom is 0.125 e. The van der Waals surface area contributed by atoms with E-state index in [1.54, 1.807) is 0 Å². The molecule has 98 valence electrons. The molecular weight excluding hydrogens is 266 g/mol. The molecule has 4 heteroatoms. The zero-order chi connectivity index (χ0) is 13.3. The summed E-state index contributed by atoms with van der Waals surface area (Å²) in [7, 11) is 0. The molecule has 0 aromatic heterocycles. The van der Waals surface area contributed by atoms with E-state index in [2.05, 4.69) is 0 Å². The SMILES string of the molecule is Cc1cc(Cl)cc(C)c1OCC1(CC(N)=S)CC1. The predicted molar refractivity (Wildman–Crippen MR) is 79.5 cm³/mol. The Labute approximate surface area is 118 Å². The molecule has 0 amide bonds. The van der Waals surface area contributed by atoms with Crippen LogP contribution in [0.2, 0.25) is 5.02 Å². The van der Waals surface area contributed by atoms with E-state index in [0.717, 1.165) is 41.2 Å². The van der Waals surface area contributed by atoms with Gasteiger partial charge in [-0.05, 0) is 49.9 Å². The summed E-state index contributed by atoms with van der Waals surface area (Å²) in [6.45, 7) is 4.72. The molecule has 0 aliphatic heterocycles. The highest BCUT2D eigenvalue weighted by molar-refractivity contribution is 7.80. The molecule has 18 heavy (non-hydrogen) atoms. The van der Waals surface area contributed by atoms with Gasteiger partial charge in [-0.3, -0.25) is 0 Å². The fraction of sp³-hybridized carbons (Fsp3) is 0.500. The average Bonchev–Trinajstić information content (AvgIpc) is 2.95. The predicted octanol–water partition coefficient (Wildman–Crippen LogP) is 3.79. The van der Waals surface area contributed by atoms with Gasteiger partial charge in [-0.15, -0.1) is 0 Å². The number of ether oxygens (including phenoxy) is 1. The molecule has 0 heterocycles. The summed E-state index contributed by atoms with van der Waals surface area (Å²) in [5.41, 5.74) is 7.96. The Morgan fingerprint density at radius 2 is 1.94 bits per heavy atom. The van der Waals surface area contributed by atoms with Gasteiger partial charge >= 0.3 is 0 Å². The minimum Gasteiger partial charge on any atom is -0.492 e. The summed E-state index contributed by atoms with van der Waals surface area (Å²) < 4.78 is 5.98. The third kappa shape index (κ3) is 3.15. The molecular formula is C14H18ClNOS. The average molecular weight is 284 g/mol. The van der Waals surface area contributed by atoms with Crippen LogP contribution in [-0.4, -0.2) is 11.6 Å². The summed E-state index contributed by atoms with van der Waals surface area (Å²) in [6, 6.07) is 3.86. The van der Waals surface area contributed by atoms with Crippen molar-refractivity contribution in [2.45, 2.75) is 33.1 Å². The van der Waals surface area contributed by atoms with E-state index >= 15 is 0 Å². The van der Waals surface area contributed by atoms with Crippen LogP contribution in [0.15, 0.2) is 12.1 Å². The summed E-state index contributed by atoms with van der Waals surface area (Å²) >= 11 is 11.0. The monoisotopic (exact) mass is 283 g/mol. The van der Waals surface area contributed by atoms with Crippen molar-refractivity contribution in [2.75, 3.05) is 6.61 Å². The van der Waals surface area contributed by atoms with Gasteiger partial charge in [0.25, 0.3) is 0 Å². The number of aryl methyl sites for hydroxylation is 2. The van der Waals surface area contributed by atoms with E-state index < -0.39 is 0 Å². The molecule has 0 bridgehead atoms. The number of nitrogens with two attached hydrogens (primary N) is 1. The largest absolute Gasteiger partial charge is 0.492 e. The van der Waals surface area contributed by atoms with Crippen LogP contribution in [0.5, 0.6) is 5.75 Å². The van der Waals surface area contributed by atoms with Gasteiger partial charge in [0.1, 0.15) is 5.75 Å². The smallest absolute Gasteiger partial charge is 0.125 e. The fourth-order valence-electron chi connectivity index (χ4n) is 2.27. The molecule has 1 fully saturated rings. The third-order valence-corrected chi connectivity index (χ3v) is 3.82. The molecule has 0 radical (unpaired) electrons.